The van der Waals surface area contributed by atoms with Crippen molar-refractivity contribution < 1.29 is 9.90 Å². The van der Waals surface area contributed by atoms with Crippen molar-refractivity contribution in [3.63, 3.8) is 0 Å². The summed E-state index contributed by atoms with van der Waals surface area (Å²) in [6, 6.07) is 0.655. The molecule has 3 heteroatoms. The molecule has 0 aromatic heterocycles. The van der Waals surface area contributed by atoms with E-state index in [9.17, 15) is 4.79 Å². The number of rotatable bonds is 4. The minimum atomic E-state index is -0.676. The Kier molecular flexibility index (Phi) is 4.22. The number of hydrogen-bond donors (Lipinski definition) is 1. The van der Waals surface area contributed by atoms with Gasteiger partial charge in [-0.05, 0) is 39.3 Å². The van der Waals surface area contributed by atoms with Crippen LogP contribution in [0.2, 0.25) is 0 Å². The third-order valence-corrected chi connectivity index (χ3v) is 2.78. The summed E-state index contributed by atoms with van der Waals surface area (Å²) >= 11 is 0. The van der Waals surface area contributed by atoms with Gasteiger partial charge in [-0.3, -0.25) is 4.79 Å². The van der Waals surface area contributed by atoms with Crippen molar-refractivity contribution in [2.75, 3.05) is 13.1 Å². The van der Waals surface area contributed by atoms with Crippen LogP contribution in [-0.4, -0.2) is 35.1 Å². The van der Waals surface area contributed by atoms with Crippen LogP contribution in [0.1, 0.15) is 39.0 Å². The maximum absolute atomic E-state index is 10.3. The van der Waals surface area contributed by atoms with Crippen LogP contribution < -0.4 is 0 Å². The average Bonchev–Trinajstić information content (AvgIpc) is 2.08. The van der Waals surface area contributed by atoms with Crippen molar-refractivity contribution in [3.8, 4) is 0 Å². The van der Waals surface area contributed by atoms with Crippen molar-refractivity contribution in [2.24, 2.45) is 0 Å². The van der Waals surface area contributed by atoms with Gasteiger partial charge >= 0.3 is 5.97 Å². The lowest BCUT2D eigenvalue weighted by Crippen LogP contribution is -2.38. The Morgan fingerprint density at radius 2 is 2.31 bits per heavy atom. The summed E-state index contributed by atoms with van der Waals surface area (Å²) in [4.78, 5) is 12.7. The Balaban J connectivity index is 2.15. The van der Waals surface area contributed by atoms with Gasteiger partial charge in [-0.25, -0.2) is 0 Å². The van der Waals surface area contributed by atoms with Gasteiger partial charge in [0.2, 0.25) is 0 Å². The number of likely N-dealkylation sites (tertiary alicyclic amines) is 1. The fraction of sp³-hybridized carbons (Fsp3) is 0.900. The van der Waals surface area contributed by atoms with Gasteiger partial charge < -0.3 is 10.0 Å². The molecule has 13 heavy (non-hydrogen) atoms. The number of aliphatic carboxylic acids is 1. The van der Waals surface area contributed by atoms with Crippen molar-refractivity contribution in [3.05, 3.63) is 0 Å². The van der Waals surface area contributed by atoms with Crippen LogP contribution >= 0.6 is 0 Å². The molecule has 1 rings (SSSR count). The van der Waals surface area contributed by atoms with E-state index in [0.717, 1.165) is 19.5 Å². The van der Waals surface area contributed by atoms with Gasteiger partial charge in [0.1, 0.15) is 0 Å². The Bertz CT molecular complexity index is 170. The van der Waals surface area contributed by atoms with Crippen LogP contribution in [0.5, 0.6) is 0 Å². The monoisotopic (exact) mass is 185 g/mol. The third-order valence-electron chi connectivity index (χ3n) is 2.78. The summed E-state index contributed by atoms with van der Waals surface area (Å²) in [6.45, 7) is 4.34. The van der Waals surface area contributed by atoms with Gasteiger partial charge in [0.05, 0.1) is 0 Å². The number of carboxylic acids is 1. The SMILES string of the molecule is C[C@H]1CCCCN1CCCC(=O)O. The molecule has 3 nitrogen and oxygen atoms in total. The predicted molar refractivity (Wildman–Crippen MR) is 51.8 cm³/mol. The van der Waals surface area contributed by atoms with E-state index < -0.39 is 5.97 Å². The first-order valence-corrected chi connectivity index (χ1v) is 5.16. The lowest BCUT2D eigenvalue weighted by atomic mass is 10.0. The summed E-state index contributed by atoms with van der Waals surface area (Å²) in [5.74, 6) is -0.676. The molecule has 0 aliphatic carbocycles. The van der Waals surface area contributed by atoms with Crippen LogP contribution in [0.4, 0.5) is 0 Å². The smallest absolute Gasteiger partial charge is 0.303 e. The summed E-state index contributed by atoms with van der Waals surface area (Å²) < 4.78 is 0. The first-order chi connectivity index (χ1) is 6.20. The number of piperidine rings is 1. The topological polar surface area (TPSA) is 40.5 Å². The van der Waals surface area contributed by atoms with E-state index in [1.807, 2.05) is 0 Å². The summed E-state index contributed by atoms with van der Waals surface area (Å²) in [7, 11) is 0. The molecule has 1 heterocycles. The van der Waals surface area contributed by atoms with E-state index in [1.165, 1.54) is 19.3 Å². The highest BCUT2D eigenvalue weighted by Gasteiger charge is 2.17. The standard InChI is InChI=1S/C10H19NO2/c1-9-5-2-3-7-11(9)8-4-6-10(12)13/h9H,2-8H2,1H3,(H,12,13)/t9-/m0/s1. The first kappa shape index (κ1) is 10.5. The Labute approximate surface area is 79.7 Å². The molecule has 0 aromatic carbocycles. The average molecular weight is 185 g/mol. The van der Waals surface area contributed by atoms with E-state index in [2.05, 4.69) is 11.8 Å². The lowest BCUT2D eigenvalue weighted by Gasteiger charge is -2.33. The second-order valence-corrected chi connectivity index (χ2v) is 3.88. The Hall–Kier alpha value is -0.570. The highest BCUT2D eigenvalue weighted by Crippen LogP contribution is 2.16. The van der Waals surface area contributed by atoms with E-state index in [1.54, 1.807) is 0 Å². The van der Waals surface area contributed by atoms with Crippen LogP contribution in [0, 0.1) is 0 Å². The molecule has 0 saturated carbocycles. The molecule has 0 aromatic rings. The van der Waals surface area contributed by atoms with Gasteiger partial charge in [-0.1, -0.05) is 6.42 Å². The fourth-order valence-electron chi connectivity index (χ4n) is 1.92. The zero-order valence-corrected chi connectivity index (χ0v) is 8.33. The third kappa shape index (κ3) is 3.77. The Morgan fingerprint density at radius 1 is 1.54 bits per heavy atom. The van der Waals surface area contributed by atoms with Gasteiger partial charge in [-0.2, -0.15) is 0 Å². The lowest BCUT2D eigenvalue weighted by molar-refractivity contribution is -0.137. The van der Waals surface area contributed by atoms with Gasteiger partial charge in [-0.15, -0.1) is 0 Å². The van der Waals surface area contributed by atoms with E-state index >= 15 is 0 Å². The molecule has 1 aliphatic rings. The first-order valence-electron chi connectivity index (χ1n) is 5.16. The molecule has 76 valence electrons. The summed E-state index contributed by atoms with van der Waals surface area (Å²) in [6.07, 6.45) is 4.98. The zero-order chi connectivity index (χ0) is 9.68. The zero-order valence-electron chi connectivity index (χ0n) is 8.33. The molecular formula is C10H19NO2. The van der Waals surface area contributed by atoms with E-state index in [4.69, 9.17) is 5.11 Å². The van der Waals surface area contributed by atoms with Crippen LogP contribution in [0.25, 0.3) is 0 Å². The van der Waals surface area contributed by atoms with Crippen molar-refractivity contribution >= 4 is 5.97 Å². The largest absolute Gasteiger partial charge is 0.481 e. The maximum Gasteiger partial charge on any atom is 0.303 e. The molecule has 0 radical (unpaired) electrons. The summed E-state index contributed by atoms with van der Waals surface area (Å²) in [5, 5.41) is 8.49. The fourth-order valence-corrected chi connectivity index (χ4v) is 1.92. The molecule has 0 unspecified atom stereocenters. The van der Waals surface area contributed by atoms with Crippen LogP contribution in [0.3, 0.4) is 0 Å². The molecule has 1 aliphatic heterocycles. The molecule has 0 spiro atoms. The number of hydrogen-bond acceptors (Lipinski definition) is 2. The van der Waals surface area contributed by atoms with Crippen molar-refractivity contribution in [1.82, 2.24) is 4.90 Å². The number of carbonyl (C=O) groups is 1. The molecule has 1 fully saturated rings. The maximum atomic E-state index is 10.3. The second kappa shape index (κ2) is 5.22. The molecule has 1 N–H and O–H groups in total. The molecule has 1 atom stereocenters. The second-order valence-electron chi connectivity index (χ2n) is 3.88. The number of carboxylic acid groups (broad SMARTS) is 1. The van der Waals surface area contributed by atoms with Crippen molar-refractivity contribution in [1.29, 1.82) is 0 Å². The van der Waals surface area contributed by atoms with Gasteiger partial charge in [0.25, 0.3) is 0 Å². The van der Waals surface area contributed by atoms with Gasteiger partial charge in [0.15, 0.2) is 0 Å². The van der Waals surface area contributed by atoms with Crippen molar-refractivity contribution in [2.45, 2.75) is 45.1 Å². The Morgan fingerprint density at radius 3 is 2.92 bits per heavy atom. The predicted octanol–water partition coefficient (Wildman–Crippen LogP) is 1.73. The highest BCUT2D eigenvalue weighted by atomic mass is 16.4. The quantitative estimate of drug-likeness (QED) is 0.725. The molecule has 1 saturated heterocycles. The van der Waals surface area contributed by atoms with Crippen LogP contribution in [0.15, 0.2) is 0 Å². The molecule has 0 amide bonds. The van der Waals surface area contributed by atoms with Gasteiger partial charge in [0, 0.05) is 12.5 Å². The highest BCUT2D eigenvalue weighted by molar-refractivity contribution is 5.66. The molecule has 0 bridgehead atoms. The van der Waals surface area contributed by atoms with E-state index in [-0.39, 0.29) is 0 Å². The minimum Gasteiger partial charge on any atom is -0.481 e. The van der Waals surface area contributed by atoms with E-state index in [0.29, 0.717) is 12.5 Å². The summed E-state index contributed by atoms with van der Waals surface area (Å²) in [5.41, 5.74) is 0. The molecular weight excluding hydrogens is 166 g/mol. The number of nitrogens with zero attached hydrogens (tertiary/aromatic N) is 1. The normalized spacial score (nSPS) is 24.5. The van der Waals surface area contributed by atoms with Crippen LogP contribution in [-0.2, 0) is 4.79 Å². The minimum absolute atomic E-state index is 0.309.